The highest BCUT2D eigenvalue weighted by Crippen LogP contribution is 2.19. The van der Waals surface area contributed by atoms with E-state index in [4.69, 9.17) is 0 Å². The molecule has 2 aromatic rings. The summed E-state index contributed by atoms with van der Waals surface area (Å²) in [6, 6.07) is 8.53. The summed E-state index contributed by atoms with van der Waals surface area (Å²) in [5.74, 6) is -3.72. The second-order valence-electron chi connectivity index (χ2n) is 6.26. The van der Waals surface area contributed by atoms with Crippen molar-refractivity contribution >= 4 is 15.7 Å². The predicted molar refractivity (Wildman–Crippen MR) is 95.0 cm³/mol. The number of amides is 1. The van der Waals surface area contributed by atoms with Gasteiger partial charge in [-0.05, 0) is 35.9 Å². The molecule has 0 aliphatic carbocycles. The lowest BCUT2D eigenvalue weighted by atomic mass is 10.1. The van der Waals surface area contributed by atoms with Crippen molar-refractivity contribution in [1.82, 2.24) is 14.8 Å². The van der Waals surface area contributed by atoms with Gasteiger partial charge in [-0.25, -0.2) is 8.42 Å². The number of halogens is 2. The number of carbonyl (C=O) groups excluding carboxylic acids is 1. The lowest BCUT2D eigenvalue weighted by Crippen LogP contribution is -2.48. The summed E-state index contributed by atoms with van der Waals surface area (Å²) in [7, 11) is -4.65. The summed E-state index contributed by atoms with van der Waals surface area (Å²) in [6.07, 6.45) is 3.53. The fourth-order valence-electron chi connectivity index (χ4n) is 2.93. The van der Waals surface area contributed by atoms with Crippen molar-refractivity contribution in [2.75, 3.05) is 26.2 Å². The highest BCUT2D eigenvalue weighted by Gasteiger charge is 2.27. The highest BCUT2D eigenvalue weighted by molar-refractivity contribution is 7.91. The van der Waals surface area contributed by atoms with Gasteiger partial charge in [-0.1, -0.05) is 6.07 Å². The molecule has 3 rings (SSSR count). The van der Waals surface area contributed by atoms with E-state index in [1.165, 1.54) is 12.1 Å². The maximum Gasteiger partial charge on any atom is 0.341 e. The molecule has 0 saturated carbocycles. The van der Waals surface area contributed by atoms with Crippen LogP contribution in [0.1, 0.15) is 15.9 Å². The van der Waals surface area contributed by atoms with Gasteiger partial charge in [-0.15, -0.1) is 0 Å². The number of piperazine rings is 1. The number of benzene rings is 1. The first-order valence-corrected chi connectivity index (χ1v) is 9.95. The molecule has 0 N–H and O–H groups in total. The first-order chi connectivity index (χ1) is 12.9. The Hall–Kier alpha value is -2.39. The molecule has 1 fully saturated rings. The molecule has 0 bridgehead atoms. The van der Waals surface area contributed by atoms with Crippen LogP contribution in [0.2, 0.25) is 0 Å². The molecule has 1 aliphatic rings. The minimum Gasteiger partial charge on any atom is -0.336 e. The number of pyridine rings is 1. The van der Waals surface area contributed by atoms with Gasteiger partial charge >= 0.3 is 5.76 Å². The topological polar surface area (TPSA) is 70.6 Å². The van der Waals surface area contributed by atoms with Crippen LogP contribution in [0.15, 0.2) is 53.7 Å². The molecule has 1 amide bonds. The van der Waals surface area contributed by atoms with Crippen molar-refractivity contribution in [3.05, 3.63) is 59.9 Å². The van der Waals surface area contributed by atoms with Crippen LogP contribution >= 0.6 is 0 Å². The number of hydrogen-bond acceptors (Lipinski definition) is 5. The molecule has 1 aliphatic heterocycles. The molecule has 1 aromatic carbocycles. The Bertz CT molecular complexity index is 882. The molecule has 1 aromatic heterocycles. The smallest absolute Gasteiger partial charge is 0.336 e. The summed E-state index contributed by atoms with van der Waals surface area (Å²) >= 11 is 0. The Balaban J connectivity index is 1.59. The third kappa shape index (κ3) is 4.48. The number of rotatable bonds is 5. The average molecular weight is 395 g/mol. The number of sulfone groups is 1. The number of carbonyl (C=O) groups is 1. The molecule has 144 valence electrons. The molecule has 0 atom stereocenters. The van der Waals surface area contributed by atoms with Crippen molar-refractivity contribution in [1.29, 1.82) is 0 Å². The molecule has 0 unspecified atom stereocenters. The first-order valence-electron chi connectivity index (χ1n) is 8.40. The van der Waals surface area contributed by atoms with Crippen LogP contribution < -0.4 is 0 Å². The van der Waals surface area contributed by atoms with E-state index < -0.39 is 20.5 Å². The largest absolute Gasteiger partial charge is 0.341 e. The van der Waals surface area contributed by atoms with Gasteiger partial charge in [0, 0.05) is 50.7 Å². The van der Waals surface area contributed by atoms with Crippen LogP contribution in [0.3, 0.4) is 0 Å². The van der Waals surface area contributed by atoms with Gasteiger partial charge in [-0.3, -0.25) is 14.7 Å². The number of nitrogens with zero attached hydrogens (tertiary/aromatic N) is 3. The van der Waals surface area contributed by atoms with E-state index in [2.05, 4.69) is 9.88 Å². The summed E-state index contributed by atoms with van der Waals surface area (Å²) in [6.45, 7) is 3.25. The maximum absolute atomic E-state index is 12.6. The van der Waals surface area contributed by atoms with Crippen LogP contribution in [0.25, 0.3) is 0 Å². The fraction of sp³-hybridized carbons (Fsp3) is 0.333. The van der Waals surface area contributed by atoms with E-state index in [0.29, 0.717) is 26.2 Å². The van der Waals surface area contributed by atoms with Crippen LogP contribution in [0.5, 0.6) is 0 Å². The van der Waals surface area contributed by atoms with Crippen LogP contribution in [0.4, 0.5) is 8.78 Å². The Morgan fingerprint density at radius 3 is 2.30 bits per heavy atom. The van der Waals surface area contributed by atoms with E-state index in [1.807, 2.05) is 18.3 Å². The minimum atomic E-state index is -4.65. The third-order valence-electron chi connectivity index (χ3n) is 4.45. The van der Waals surface area contributed by atoms with Gasteiger partial charge in [-0.2, -0.15) is 8.78 Å². The second kappa shape index (κ2) is 8.10. The van der Waals surface area contributed by atoms with Gasteiger partial charge in [0.25, 0.3) is 5.91 Å². The third-order valence-corrected chi connectivity index (χ3v) is 5.85. The molecule has 0 radical (unpaired) electrons. The van der Waals surface area contributed by atoms with E-state index in [-0.39, 0.29) is 11.5 Å². The fourth-order valence-corrected chi connectivity index (χ4v) is 3.65. The molecule has 27 heavy (non-hydrogen) atoms. The summed E-state index contributed by atoms with van der Waals surface area (Å²) in [5, 5.41) is 0. The van der Waals surface area contributed by atoms with Gasteiger partial charge in [0.1, 0.15) is 0 Å². The van der Waals surface area contributed by atoms with Crippen LogP contribution in [-0.4, -0.2) is 61.0 Å². The first kappa shape index (κ1) is 19.4. The Labute approximate surface area is 156 Å². The number of alkyl halides is 2. The van der Waals surface area contributed by atoms with Crippen LogP contribution in [0, 0.1) is 0 Å². The van der Waals surface area contributed by atoms with Crippen molar-refractivity contribution in [3.63, 3.8) is 0 Å². The minimum absolute atomic E-state index is 0.239. The molecule has 6 nitrogen and oxygen atoms in total. The van der Waals surface area contributed by atoms with E-state index in [1.54, 1.807) is 11.1 Å². The maximum atomic E-state index is 12.6. The molecule has 1 saturated heterocycles. The van der Waals surface area contributed by atoms with Gasteiger partial charge < -0.3 is 4.90 Å². The summed E-state index contributed by atoms with van der Waals surface area (Å²) < 4.78 is 48.0. The van der Waals surface area contributed by atoms with Gasteiger partial charge in [0.05, 0.1) is 4.90 Å². The number of aromatic nitrogens is 1. The van der Waals surface area contributed by atoms with E-state index in [0.717, 1.165) is 24.2 Å². The SMILES string of the molecule is O=C(c1ccc(S(=O)(=O)C(F)F)cc1)N1CCN(Cc2cccnc2)CC1. The lowest BCUT2D eigenvalue weighted by molar-refractivity contribution is 0.0628. The van der Waals surface area contributed by atoms with Crippen molar-refractivity contribution in [2.45, 2.75) is 17.2 Å². The zero-order valence-electron chi connectivity index (χ0n) is 14.5. The van der Waals surface area contributed by atoms with E-state index >= 15 is 0 Å². The lowest BCUT2D eigenvalue weighted by Gasteiger charge is -2.34. The standard InChI is InChI=1S/C18H19F2N3O3S/c19-18(20)27(25,26)16-5-3-15(4-6-16)17(24)23-10-8-22(9-11-23)13-14-2-1-7-21-12-14/h1-7,12,18H,8-11,13H2. The quantitative estimate of drug-likeness (QED) is 0.775. The van der Waals surface area contributed by atoms with Crippen molar-refractivity contribution in [2.24, 2.45) is 0 Å². The van der Waals surface area contributed by atoms with Crippen molar-refractivity contribution in [3.8, 4) is 0 Å². The average Bonchev–Trinajstić information content (AvgIpc) is 2.69. The zero-order chi connectivity index (χ0) is 19.4. The van der Waals surface area contributed by atoms with Gasteiger partial charge in [0.15, 0.2) is 0 Å². The molecular formula is C18H19F2N3O3S. The molecule has 9 heteroatoms. The Morgan fingerprint density at radius 2 is 1.74 bits per heavy atom. The monoisotopic (exact) mass is 395 g/mol. The Morgan fingerprint density at radius 1 is 1.07 bits per heavy atom. The summed E-state index contributed by atoms with van der Waals surface area (Å²) in [4.78, 5) is 20.1. The van der Waals surface area contributed by atoms with Crippen LogP contribution in [-0.2, 0) is 16.4 Å². The second-order valence-corrected chi connectivity index (χ2v) is 8.18. The normalized spacial score (nSPS) is 15.9. The van der Waals surface area contributed by atoms with E-state index in [9.17, 15) is 22.0 Å². The highest BCUT2D eigenvalue weighted by atomic mass is 32.2. The van der Waals surface area contributed by atoms with Crippen molar-refractivity contribution < 1.29 is 22.0 Å². The summed E-state index contributed by atoms with van der Waals surface area (Å²) in [5.41, 5.74) is 1.39. The van der Waals surface area contributed by atoms with Gasteiger partial charge in [0.2, 0.25) is 9.84 Å². The molecular weight excluding hydrogens is 376 g/mol. The molecule has 2 heterocycles. The Kier molecular flexibility index (Phi) is 5.81. The predicted octanol–water partition coefficient (Wildman–Crippen LogP) is 2.04. The molecule has 0 spiro atoms. The number of hydrogen-bond donors (Lipinski definition) is 0. The zero-order valence-corrected chi connectivity index (χ0v) is 15.3.